The number of rotatable bonds is 1. The summed E-state index contributed by atoms with van der Waals surface area (Å²) in [7, 11) is 1.65. The molecule has 0 saturated carbocycles. The number of benzene rings is 1. The summed E-state index contributed by atoms with van der Waals surface area (Å²) in [6.07, 6.45) is 0.923. The number of carbonyl (C=O) groups excluding carboxylic acids is 1. The van der Waals surface area contributed by atoms with Crippen LogP contribution in [0.5, 0.6) is 5.75 Å². The van der Waals surface area contributed by atoms with Gasteiger partial charge in [0.25, 0.3) is 0 Å². The van der Waals surface area contributed by atoms with E-state index in [0.29, 0.717) is 0 Å². The van der Waals surface area contributed by atoms with Gasteiger partial charge in [0.05, 0.1) is 7.11 Å². The zero-order chi connectivity index (χ0) is 10.1. The summed E-state index contributed by atoms with van der Waals surface area (Å²) in [5, 5.41) is 0. The lowest BCUT2D eigenvalue weighted by Crippen LogP contribution is -2.25. The van der Waals surface area contributed by atoms with Crippen molar-refractivity contribution in [2.24, 2.45) is 0 Å². The molecule has 1 heterocycles. The molecule has 0 spiro atoms. The van der Waals surface area contributed by atoms with Crippen LogP contribution in [-0.2, 0) is 11.2 Å². The summed E-state index contributed by atoms with van der Waals surface area (Å²) < 4.78 is 5.13. The third-order valence-electron chi connectivity index (χ3n) is 2.56. The van der Waals surface area contributed by atoms with Gasteiger partial charge < -0.3 is 9.64 Å². The lowest BCUT2D eigenvalue weighted by atomic mass is 10.1. The number of methoxy groups -OCH3 is 1. The van der Waals surface area contributed by atoms with E-state index in [1.54, 1.807) is 18.9 Å². The number of carbonyl (C=O) groups is 1. The van der Waals surface area contributed by atoms with Crippen molar-refractivity contribution in [3.05, 3.63) is 23.8 Å². The van der Waals surface area contributed by atoms with Crippen LogP contribution < -0.4 is 9.64 Å². The fourth-order valence-corrected chi connectivity index (χ4v) is 1.83. The van der Waals surface area contributed by atoms with Crippen molar-refractivity contribution in [2.75, 3.05) is 18.6 Å². The number of fused-ring (bicyclic) bond motifs is 1. The summed E-state index contributed by atoms with van der Waals surface area (Å²) in [4.78, 5) is 13.1. The molecular formula is C11H13NO2. The molecule has 0 aromatic heterocycles. The maximum atomic E-state index is 11.3. The highest BCUT2D eigenvalue weighted by Crippen LogP contribution is 2.30. The highest BCUT2D eigenvalue weighted by atomic mass is 16.5. The highest BCUT2D eigenvalue weighted by Gasteiger charge is 2.21. The van der Waals surface area contributed by atoms with E-state index < -0.39 is 0 Å². The first-order valence-electron chi connectivity index (χ1n) is 4.67. The summed E-state index contributed by atoms with van der Waals surface area (Å²) in [5.41, 5.74) is 2.22. The molecule has 1 aliphatic heterocycles. The fourth-order valence-electron chi connectivity index (χ4n) is 1.83. The van der Waals surface area contributed by atoms with E-state index >= 15 is 0 Å². The van der Waals surface area contributed by atoms with Gasteiger partial charge in [-0.1, -0.05) is 0 Å². The Bertz CT molecular complexity index is 374. The predicted molar refractivity (Wildman–Crippen MR) is 54.7 cm³/mol. The van der Waals surface area contributed by atoms with Crippen molar-refractivity contribution in [2.45, 2.75) is 13.3 Å². The van der Waals surface area contributed by atoms with Crippen LogP contribution in [0.4, 0.5) is 5.69 Å². The molecule has 0 bridgehead atoms. The van der Waals surface area contributed by atoms with Gasteiger partial charge in [0.1, 0.15) is 5.75 Å². The third-order valence-corrected chi connectivity index (χ3v) is 2.56. The molecule has 1 amide bonds. The van der Waals surface area contributed by atoms with Crippen LogP contribution in [0.1, 0.15) is 12.5 Å². The number of amides is 1. The molecule has 0 N–H and O–H groups in total. The van der Waals surface area contributed by atoms with Gasteiger partial charge in [-0.05, 0) is 30.2 Å². The molecule has 0 atom stereocenters. The number of hydrogen-bond donors (Lipinski definition) is 0. The first-order valence-corrected chi connectivity index (χ1v) is 4.67. The minimum atomic E-state index is 0.105. The molecule has 1 aromatic rings. The number of hydrogen-bond acceptors (Lipinski definition) is 2. The highest BCUT2D eigenvalue weighted by molar-refractivity contribution is 5.93. The van der Waals surface area contributed by atoms with Crippen LogP contribution in [0.15, 0.2) is 18.2 Å². The quantitative estimate of drug-likeness (QED) is 0.674. The van der Waals surface area contributed by atoms with Crippen LogP contribution >= 0.6 is 0 Å². The Hall–Kier alpha value is -1.51. The van der Waals surface area contributed by atoms with Gasteiger partial charge in [0.15, 0.2) is 0 Å². The average Bonchev–Trinajstić information content (AvgIpc) is 2.59. The lowest BCUT2D eigenvalue weighted by Gasteiger charge is -2.14. The zero-order valence-electron chi connectivity index (χ0n) is 8.41. The summed E-state index contributed by atoms with van der Waals surface area (Å²) in [5.74, 6) is 0.961. The number of anilines is 1. The van der Waals surface area contributed by atoms with Crippen molar-refractivity contribution in [3.8, 4) is 5.75 Å². The Labute approximate surface area is 83.3 Å². The second kappa shape index (κ2) is 3.33. The van der Waals surface area contributed by atoms with Gasteiger partial charge in [-0.25, -0.2) is 0 Å². The molecular weight excluding hydrogens is 178 g/mol. The van der Waals surface area contributed by atoms with E-state index in [0.717, 1.165) is 24.4 Å². The Kier molecular flexibility index (Phi) is 2.15. The molecule has 14 heavy (non-hydrogen) atoms. The van der Waals surface area contributed by atoms with E-state index in [9.17, 15) is 4.79 Å². The Morgan fingerprint density at radius 2 is 2.29 bits per heavy atom. The van der Waals surface area contributed by atoms with Gasteiger partial charge in [-0.3, -0.25) is 4.79 Å². The normalized spacial score (nSPS) is 14.0. The van der Waals surface area contributed by atoms with Crippen molar-refractivity contribution < 1.29 is 9.53 Å². The Morgan fingerprint density at radius 1 is 1.50 bits per heavy atom. The molecule has 0 saturated heterocycles. The maximum absolute atomic E-state index is 11.3. The lowest BCUT2D eigenvalue weighted by molar-refractivity contribution is -0.116. The summed E-state index contributed by atoms with van der Waals surface area (Å²) >= 11 is 0. The second-order valence-electron chi connectivity index (χ2n) is 3.42. The van der Waals surface area contributed by atoms with E-state index in [4.69, 9.17) is 4.74 Å². The number of ether oxygens (including phenoxy) is 1. The van der Waals surface area contributed by atoms with Crippen molar-refractivity contribution >= 4 is 11.6 Å². The smallest absolute Gasteiger partial charge is 0.223 e. The van der Waals surface area contributed by atoms with Crippen LogP contribution in [-0.4, -0.2) is 19.6 Å². The standard InChI is InChI=1S/C11H13NO2/c1-8(13)12-6-5-9-7-10(14-2)3-4-11(9)12/h3-4,7H,5-6H2,1-2H3. The van der Waals surface area contributed by atoms with Gasteiger partial charge in [0.2, 0.25) is 5.91 Å². The van der Waals surface area contributed by atoms with Crippen LogP contribution in [0.2, 0.25) is 0 Å². The van der Waals surface area contributed by atoms with E-state index in [1.807, 2.05) is 18.2 Å². The minimum Gasteiger partial charge on any atom is -0.497 e. The molecule has 0 unspecified atom stereocenters. The molecule has 74 valence electrons. The van der Waals surface area contributed by atoms with Gasteiger partial charge >= 0.3 is 0 Å². The first-order chi connectivity index (χ1) is 6.72. The van der Waals surface area contributed by atoms with Crippen molar-refractivity contribution in [1.29, 1.82) is 0 Å². The molecule has 2 rings (SSSR count). The monoisotopic (exact) mass is 191 g/mol. The fraction of sp³-hybridized carbons (Fsp3) is 0.364. The Balaban J connectivity index is 2.38. The molecule has 3 heteroatoms. The van der Waals surface area contributed by atoms with Crippen LogP contribution in [0, 0.1) is 0 Å². The molecule has 1 aliphatic rings. The minimum absolute atomic E-state index is 0.105. The molecule has 0 aliphatic carbocycles. The Morgan fingerprint density at radius 3 is 2.93 bits per heavy atom. The molecule has 0 radical (unpaired) electrons. The molecule has 0 fully saturated rings. The SMILES string of the molecule is COc1ccc2c(c1)CCN2C(C)=O. The predicted octanol–water partition coefficient (Wildman–Crippen LogP) is 1.60. The summed E-state index contributed by atoms with van der Waals surface area (Å²) in [6, 6.07) is 5.83. The van der Waals surface area contributed by atoms with Crippen LogP contribution in [0.25, 0.3) is 0 Å². The van der Waals surface area contributed by atoms with E-state index in [2.05, 4.69) is 0 Å². The first kappa shape index (κ1) is 9.06. The average molecular weight is 191 g/mol. The largest absolute Gasteiger partial charge is 0.497 e. The molecule has 1 aromatic carbocycles. The maximum Gasteiger partial charge on any atom is 0.223 e. The third kappa shape index (κ3) is 1.35. The topological polar surface area (TPSA) is 29.5 Å². The van der Waals surface area contributed by atoms with Gasteiger partial charge in [0, 0.05) is 19.2 Å². The zero-order valence-corrected chi connectivity index (χ0v) is 8.41. The van der Waals surface area contributed by atoms with Crippen molar-refractivity contribution in [3.63, 3.8) is 0 Å². The van der Waals surface area contributed by atoms with Gasteiger partial charge in [-0.2, -0.15) is 0 Å². The van der Waals surface area contributed by atoms with Gasteiger partial charge in [-0.15, -0.1) is 0 Å². The number of nitrogens with zero attached hydrogens (tertiary/aromatic N) is 1. The second-order valence-corrected chi connectivity index (χ2v) is 3.42. The van der Waals surface area contributed by atoms with E-state index in [1.165, 1.54) is 5.56 Å². The van der Waals surface area contributed by atoms with E-state index in [-0.39, 0.29) is 5.91 Å². The summed E-state index contributed by atoms with van der Waals surface area (Å²) in [6.45, 7) is 2.39. The molecule has 3 nitrogen and oxygen atoms in total. The van der Waals surface area contributed by atoms with Crippen molar-refractivity contribution in [1.82, 2.24) is 0 Å². The van der Waals surface area contributed by atoms with Crippen LogP contribution in [0.3, 0.4) is 0 Å².